The Morgan fingerprint density at radius 1 is 1.50 bits per heavy atom. The Bertz CT molecular complexity index is 272. The van der Waals surface area contributed by atoms with Gasteiger partial charge in [-0.1, -0.05) is 0 Å². The van der Waals surface area contributed by atoms with Gasteiger partial charge in [0, 0.05) is 13.0 Å². The summed E-state index contributed by atoms with van der Waals surface area (Å²) < 4.78 is 5.19. The first-order chi connectivity index (χ1) is 7.33. The SMILES string of the molecule is CC(C)(C)OC(=O)N1CCC(O)CC1C=O. The molecule has 5 heteroatoms. The van der Waals surface area contributed by atoms with Crippen molar-refractivity contribution in [1.82, 2.24) is 4.90 Å². The highest BCUT2D eigenvalue weighted by atomic mass is 16.6. The molecule has 1 rings (SSSR count). The van der Waals surface area contributed by atoms with E-state index in [4.69, 9.17) is 4.74 Å². The van der Waals surface area contributed by atoms with Crippen molar-refractivity contribution in [3.8, 4) is 0 Å². The number of piperidine rings is 1. The van der Waals surface area contributed by atoms with Crippen LogP contribution in [0, 0.1) is 0 Å². The lowest BCUT2D eigenvalue weighted by molar-refractivity contribution is -0.115. The van der Waals surface area contributed by atoms with Gasteiger partial charge in [-0.3, -0.25) is 4.90 Å². The number of aldehydes is 1. The van der Waals surface area contributed by atoms with Gasteiger partial charge in [-0.25, -0.2) is 4.79 Å². The van der Waals surface area contributed by atoms with E-state index in [-0.39, 0.29) is 0 Å². The van der Waals surface area contributed by atoms with E-state index in [0.717, 1.165) is 0 Å². The van der Waals surface area contributed by atoms with Crippen LogP contribution in [0.15, 0.2) is 0 Å². The molecular formula is C11H19NO4. The number of ether oxygens (including phenoxy) is 1. The first kappa shape index (κ1) is 13.0. The van der Waals surface area contributed by atoms with Crippen LogP contribution in [0.25, 0.3) is 0 Å². The standard InChI is InChI=1S/C11H19NO4/c1-11(2,3)16-10(15)12-5-4-9(14)6-8(12)7-13/h7-9,14H,4-6H2,1-3H3. The molecule has 0 aliphatic carbocycles. The van der Waals surface area contributed by atoms with Crippen LogP contribution in [0.5, 0.6) is 0 Å². The molecule has 0 radical (unpaired) electrons. The molecule has 1 aliphatic rings. The highest BCUT2D eigenvalue weighted by Gasteiger charge is 2.33. The molecule has 5 nitrogen and oxygen atoms in total. The number of aliphatic hydroxyl groups is 1. The van der Waals surface area contributed by atoms with E-state index >= 15 is 0 Å². The van der Waals surface area contributed by atoms with Crippen molar-refractivity contribution in [2.75, 3.05) is 6.54 Å². The second-order valence-corrected chi connectivity index (χ2v) is 5.06. The summed E-state index contributed by atoms with van der Waals surface area (Å²) in [7, 11) is 0. The molecule has 0 aromatic rings. The van der Waals surface area contributed by atoms with Crippen molar-refractivity contribution in [3.63, 3.8) is 0 Å². The molecule has 0 saturated carbocycles. The third-order valence-corrected chi connectivity index (χ3v) is 2.40. The van der Waals surface area contributed by atoms with Crippen molar-refractivity contribution in [2.45, 2.75) is 51.4 Å². The molecule has 1 amide bonds. The zero-order valence-electron chi connectivity index (χ0n) is 9.97. The summed E-state index contributed by atoms with van der Waals surface area (Å²) in [6, 6.07) is -0.571. The lowest BCUT2D eigenvalue weighted by Gasteiger charge is -2.35. The van der Waals surface area contributed by atoms with Gasteiger partial charge in [-0.15, -0.1) is 0 Å². The van der Waals surface area contributed by atoms with Crippen LogP contribution in [-0.2, 0) is 9.53 Å². The maximum atomic E-state index is 11.8. The normalized spacial score (nSPS) is 26.4. The molecule has 0 aromatic heterocycles. The first-order valence-corrected chi connectivity index (χ1v) is 5.46. The van der Waals surface area contributed by atoms with Crippen LogP contribution in [0.3, 0.4) is 0 Å². The fourth-order valence-electron chi connectivity index (χ4n) is 1.65. The molecule has 0 aromatic carbocycles. The number of hydrogen-bond acceptors (Lipinski definition) is 4. The Labute approximate surface area is 95.4 Å². The van der Waals surface area contributed by atoms with Gasteiger partial charge in [-0.2, -0.15) is 0 Å². The maximum Gasteiger partial charge on any atom is 0.410 e. The van der Waals surface area contributed by atoms with Gasteiger partial charge in [0.05, 0.1) is 12.1 Å². The van der Waals surface area contributed by atoms with Crippen LogP contribution in [-0.4, -0.2) is 46.7 Å². The molecule has 1 fully saturated rings. The van der Waals surface area contributed by atoms with E-state index in [9.17, 15) is 14.7 Å². The minimum Gasteiger partial charge on any atom is -0.444 e. The van der Waals surface area contributed by atoms with E-state index in [1.54, 1.807) is 20.8 Å². The number of rotatable bonds is 1. The zero-order chi connectivity index (χ0) is 12.3. The van der Waals surface area contributed by atoms with E-state index < -0.39 is 23.8 Å². The van der Waals surface area contributed by atoms with Gasteiger partial charge in [-0.05, 0) is 27.2 Å². The lowest BCUT2D eigenvalue weighted by Crippen LogP contribution is -2.50. The van der Waals surface area contributed by atoms with E-state index in [2.05, 4.69) is 0 Å². The quantitative estimate of drug-likeness (QED) is 0.680. The molecule has 1 saturated heterocycles. The van der Waals surface area contributed by atoms with Crippen molar-refractivity contribution in [2.24, 2.45) is 0 Å². The van der Waals surface area contributed by atoms with Crippen LogP contribution in [0.1, 0.15) is 33.6 Å². The van der Waals surface area contributed by atoms with E-state index in [1.807, 2.05) is 0 Å². The van der Waals surface area contributed by atoms with Crippen molar-refractivity contribution in [3.05, 3.63) is 0 Å². The maximum absolute atomic E-state index is 11.8. The van der Waals surface area contributed by atoms with Crippen molar-refractivity contribution >= 4 is 12.4 Å². The second kappa shape index (κ2) is 4.82. The van der Waals surface area contributed by atoms with Gasteiger partial charge in [0.1, 0.15) is 11.9 Å². The smallest absolute Gasteiger partial charge is 0.410 e. The average molecular weight is 229 g/mol. The zero-order valence-corrected chi connectivity index (χ0v) is 9.97. The number of hydrogen-bond donors (Lipinski definition) is 1. The predicted molar refractivity (Wildman–Crippen MR) is 58.0 cm³/mol. The Morgan fingerprint density at radius 2 is 2.12 bits per heavy atom. The number of carbonyl (C=O) groups is 2. The summed E-state index contributed by atoms with van der Waals surface area (Å²) in [5.74, 6) is 0. The van der Waals surface area contributed by atoms with E-state index in [0.29, 0.717) is 25.7 Å². The predicted octanol–water partition coefficient (Wildman–Crippen LogP) is 0.946. The summed E-state index contributed by atoms with van der Waals surface area (Å²) >= 11 is 0. The van der Waals surface area contributed by atoms with Gasteiger partial charge in [0.25, 0.3) is 0 Å². The minimum absolute atomic E-state index is 0.294. The van der Waals surface area contributed by atoms with Crippen LogP contribution >= 0.6 is 0 Å². The molecule has 1 heterocycles. The lowest BCUT2D eigenvalue weighted by atomic mass is 10.0. The van der Waals surface area contributed by atoms with Gasteiger partial charge < -0.3 is 14.6 Å². The monoisotopic (exact) mass is 229 g/mol. The molecule has 2 atom stereocenters. The Morgan fingerprint density at radius 3 is 2.62 bits per heavy atom. The number of aliphatic hydroxyl groups excluding tert-OH is 1. The minimum atomic E-state index is -0.571. The van der Waals surface area contributed by atoms with E-state index in [1.165, 1.54) is 4.90 Å². The summed E-state index contributed by atoms with van der Waals surface area (Å²) in [4.78, 5) is 24.0. The average Bonchev–Trinajstić information content (AvgIpc) is 2.14. The molecule has 1 N–H and O–H groups in total. The topological polar surface area (TPSA) is 66.8 Å². The van der Waals surface area contributed by atoms with Crippen molar-refractivity contribution in [1.29, 1.82) is 0 Å². The number of nitrogens with zero attached hydrogens (tertiary/aromatic N) is 1. The van der Waals surface area contributed by atoms with Gasteiger partial charge >= 0.3 is 6.09 Å². The summed E-state index contributed by atoms with van der Waals surface area (Å²) in [6.07, 6.45) is 0.476. The summed E-state index contributed by atoms with van der Waals surface area (Å²) in [5.41, 5.74) is -0.569. The number of carbonyl (C=O) groups excluding carboxylic acids is 2. The fourth-order valence-corrected chi connectivity index (χ4v) is 1.65. The number of amides is 1. The van der Waals surface area contributed by atoms with Gasteiger partial charge in [0.15, 0.2) is 0 Å². The highest BCUT2D eigenvalue weighted by Crippen LogP contribution is 2.19. The third-order valence-electron chi connectivity index (χ3n) is 2.40. The van der Waals surface area contributed by atoms with Crippen LogP contribution in [0.2, 0.25) is 0 Å². The van der Waals surface area contributed by atoms with Crippen LogP contribution in [0.4, 0.5) is 4.79 Å². The molecule has 92 valence electrons. The molecule has 0 bridgehead atoms. The number of likely N-dealkylation sites (tertiary alicyclic amines) is 1. The van der Waals surface area contributed by atoms with Gasteiger partial charge in [0.2, 0.25) is 0 Å². The largest absolute Gasteiger partial charge is 0.444 e. The summed E-state index contributed by atoms with van der Waals surface area (Å²) in [5, 5.41) is 9.41. The third kappa shape index (κ3) is 3.48. The molecule has 1 aliphatic heterocycles. The fraction of sp³-hybridized carbons (Fsp3) is 0.818. The molecule has 0 spiro atoms. The molecular weight excluding hydrogens is 210 g/mol. The second-order valence-electron chi connectivity index (χ2n) is 5.06. The van der Waals surface area contributed by atoms with Crippen LogP contribution < -0.4 is 0 Å². The summed E-state index contributed by atoms with van der Waals surface area (Å²) in [6.45, 7) is 5.69. The highest BCUT2D eigenvalue weighted by molar-refractivity contribution is 5.74. The molecule has 16 heavy (non-hydrogen) atoms. The Kier molecular flexibility index (Phi) is 3.91. The molecule has 2 unspecified atom stereocenters. The Hall–Kier alpha value is -1.10. The van der Waals surface area contributed by atoms with Crippen molar-refractivity contribution < 1.29 is 19.4 Å². The first-order valence-electron chi connectivity index (χ1n) is 5.46. The Balaban J connectivity index is 2.64.